The molecule has 0 radical (unpaired) electrons. The second-order valence-corrected chi connectivity index (χ2v) is 23.2. The van der Waals surface area contributed by atoms with Crippen molar-refractivity contribution in [3.8, 4) is 0 Å². The Bertz CT molecular complexity index is 1980. The monoisotopic (exact) mass is 801 g/mol. The van der Waals surface area contributed by atoms with Crippen molar-refractivity contribution in [1.82, 2.24) is 25.0 Å². The Morgan fingerprint density at radius 1 is 0.909 bits per heavy atom. The molecule has 0 unspecified atom stereocenters. The molecule has 0 aromatic heterocycles. The molecular formula is C40H59N5O8S2. The van der Waals surface area contributed by atoms with Gasteiger partial charge in [-0.3, -0.25) is 23.9 Å². The van der Waals surface area contributed by atoms with Gasteiger partial charge in [0.15, 0.2) is 0 Å². The second kappa shape index (κ2) is 13.4. The number of likely N-dealkylation sites (tertiary alicyclic amines) is 1. The summed E-state index contributed by atoms with van der Waals surface area (Å²) < 4.78 is 57.1. The summed E-state index contributed by atoms with van der Waals surface area (Å²) in [4.78, 5) is 58.9. The molecule has 1 aromatic carbocycles. The molecule has 13 nitrogen and oxygen atoms in total. The first-order chi connectivity index (χ1) is 25.3. The first-order valence-electron chi connectivity index (χ1n) is 19.4. The SMILES string of the molecule is C=C[C@@H]1C[C@]1(NC(=O)[C@@H]1C[C@@]2(CN1C(=O)[C@@H](NC(=O)[C@@H](NS(=O)(=O)Cc1ccccc1)C(C)(C)C)C(C)(C)C)C(C)(C)C21CCC1)C(=O)NS(=O)(=O)C1CC1. The number of nitrogens with one attached hydrogen (secondary N) is 4. The maximum Gasteiger partial charge on any atom is 0.259 e. The molecule has 1 aromatic rings. The molecule has 4 aliphatic carbocycles. The molecule has 1 saturated heterocycles. The number of carbonyl (C=O) groups excluding carboxylic acids is 4. The van der Waals surface area contributed by atoms with Gasteiger partial charge in [-0.25, -0.2) is 21.6 Å². The fourth-order valence-corrected chi connectivity index (χ4v) is 12.7. The zero-order chi connectivity index (χ0) is 40.8. The molecule has 6 rings (SSSR count). The molecule has 15 heteroatoms. The van der Waals surface area contributed by atoms with Crippen LogP contribution < -0.4 is 20.1 Å². The van der Waals surface area contributed by atoms with Gasteiger partial charge in [-0.15, -0.1) is 6.58 Å². The largest absolute Gasteiger partial charge is 0.342 e. The minimum Gasteiger partial charge on any atom is -0.342 e. The third kappa shape index (κ3) is 7.15. The molecular weight excluding hydrogens is 743 g/mol. The van der Waals surface area contributed by atoms with Gasteiger partial charge in [0.2, 0.25) is 37.8 Å². The number of hydrogen-bond donors (Lipinski definition) is 4. The Balaban J connectivity index is 1.28. The fraction of sp³-hybridized carbons (Fsp3) is 0.700. The van der Waals surface area contributed by atoms with Gasteiger partial charge in [0.25, 0.3) is 5.91 Å². The minimum absolute atomic E-state index is 0.0565. The van der Waals surface area contributed by atoms with Gasteiger partial charge in [-0.05, 0) is 65.7 Å². The number of fused-ring (bicyclic) bond motifs is 1. The van der Waals surface area contributed by atoms with Crippen LogP contribution in [0.1, 0.15) is 106 Å². The molecule has 4 saturated carbocycles. The predicted molar refractivity (Wildman–Crippen MR) is 209 cm³/mol. The number of nitrogens with zero attached hydrogens (tertiary/aromatic N) is 1. The summed E-state index contributed by atoms with van der Waals surface area (Å²) in [5, 5.41) is 5.16. The van der Waals surface area contributed by atoms with Crippen molar-refractivity contribution in [3.05, 3.63) is 48.6 Å². The van der Waals surface area contributed by atoms with E-state index >= 15 is 4.79 Å². The van der Waals surface area contributed by atoms with Gasteiger partial charge in [0.1, 0.15) is 23.7 Å². The van der Waals surface area contributed by atoms with Gasteiger partial charge >= 0.3 is 0 Å². The fourth-order valence-electron chi connectivity index (χ4n) is 9.76. The highest BCUT2D eigenvalue weighted by atomic mass is 32.2. The molecule has 6 atom stereocenters. The normalized spacial score (nSPS) is 29.1. The van der Waals surface area contributed by atoms with Crippen LogP contribution in [0.5, 0.6) is 0 Å². The van der Waals surface area contributed by atoms with Crippen molar-refractivity contribution in [3.63, 3.8) is 0 Å². The average molecular weight is 802 g/mol. The van der Waals surface area contributed by atoms with E-state index in [4.69, 9.17) is 0 Å². The molecule has 55 heavy (non-hydrogen) atoms. The van der Waals surface area contributed by atoms with Gasteiger partial charge in [0.05, 0.1) is 11.0 Å². The van der Waals surface area contributed by atoms with Crippen molar-refractivity contribution in [2.24, 2.45) is 33.0 Å². The van der Waals surface area contributed by atoms with Crippen LogP contribution in [-0.4, -0.2) is 80.8 Å². The molecule has 0 bridgehead atoms. The first-order valence-corrected chi connectivity index (χ1v) is 22.6. The van der Waals surface area contributed by atoms with Gasteiger partial charge in [-0.2, -0.15) is 0 Å². The van der Waals surface area contributed by atoms with E-state index in [1.54, 1.807) is 76.8 Å². The number of benzene rings is 1. The standard InChI is InChI=1S/C40H59N5O8S2/c1-10-26-21-40(26,34(49)44-55(52,53)27-17-18-27)42-31(46)28-22-39(37(8,9)38(39)19-14-20-38)24-45(28)33(48)30(36(5,6)7)41-32(47)29(35(2,3)4)43-54(50,51)23-25-15-12-11-13-16-25/h10-13,15-16,26-30,43H,1,14,17-24H2,2-9H3,(H,41,47)(H,42,46)(H,44,49)/t26-,28+,29-,30-,39-,40-/m1/s1. The Morgan fingerprint density at radius 3 is 1.98 bits per heavy atom. The Labute approximate surface area is 326 Å². The van der Waals surface area contributed by atoms with Crippen molar-refractivity contribution in [1.29, 1.82) is 0 Å². The van der Waals surface area contributed by atoms with Crippen molar-refractivity contribution >= 4 is 43.7 Å². The van der Waals surface area contributed by atoms with Crippen LogP contribution in [0.15, 0.2) is 43.0 Å². The maximum atomic E-state index is 15.0. The van der Waals surface area contributed by atoms with Gasteiger partial charge < -0.3 is 15.5 Å². The van der Waals surface area contributed by atoms with Crippen LogP contribution in [0.3, 0.4) is 0 Å². The van der Waals surface area contributed by atoms with E-state index in [1.807, 2.05) is 0 Å². The number of carbonyl (C=O) groups is 4. The summed E-state index contributed by atoms with van der Waals surface area (Å²) in [5.41, 5.74) is -3.34. The lowest BCUT2D eigenvalue weighted by atomic mass is 9.73. The molecule has 1 heterocycles. The highest BCUT2D eigenvalue weighted by Crippen LogP contribution is 2.88. The van der Waals surface area contributed by atoms with Crippen LogP contribution in [0.4, 0.5) is 0 Å². The average Bonchev–Trinajstić information content (AvgIpc) is 3.99. The third-order valence-corrected chi connectivity index (χ3v) is 16.8. The van der Waals surface area contributed by atoms with E-state index in [1.165, 1.54) is 6.08 Å². The summed E-state index contributed by atoms with van der Waals surface area (Å²) in [6.45, 7) is 19.1. The zero-order valence-electron chi connectivity index (χ0n) is 33.5. The third-order valence-electron chi connectivity index (χ3n) is 13.7. The summed E-state index contributed by atoms with van der Waals surface area (Å²) in [7, 11) is -7.89. The summed E-state index contributed by atoms with van der Waals surface area (Å²) in [6.07, 6.45) is 5.96. The Hall–Kier alpha value is -3.30. The Morgan fingerprint density at radius 2 is 1.51 bits per heavy atom. The van der Waals surface area contributed by atoms with Crippen LogP contribution in [0.25, 0.3) is 0 Å². The lowest BCUT2D eigenvalue weighted by Gasteiger charge is -2.38. The number of amides is 4. The molecule has 5 aliphatic rings. The van der Waals surface area contributed by atoms with E-state index in [2.05, 4.69) is 40.5 Å². The highest BCUT2D eigenvalue weighted by molar-refractivity contribution is 7.91. The number of hydrogen-bond acceptors (Lipinski definition) is 8. The van der Waals surface area contributed by atoms with Crippen molar-refractivity contribution in [2.45, 2.75) is 135 Å². The summed E-state index contributed by atoms with van der Waals surface area (Å²) >= 11 is 0. The van der Waals surface area contributed by atoms with Crippen molar-refractivity contribution < 1.29 is 36.0 Å². The van der Waals surface area contributed by atoms with E-state index in [0.29, 0.717) is 24.8 Å². The topological polar surface area (TPSA) is 188 Å². The molecule has 304 valence electrons. The van der Waals surface area contributed by atoms with Gasteiger partial charge in [-0.1, -0.05) is 98.2 Å². The predicted octanol–water partition coefficient (Wildman–Crippen LogP) is 3.52. The zero-order valence-corrected chi connectivity index (χ0v) is 35.1. The minimum atomic E-state index is -3.99. The van der Waals surface area contributed by atoms with Gasteiger partial charge in [0, 0.05) is 17.9 Å². The van der Waals surface area contributed by atoms with E-state index in [9.17, 15) is 31.2 Å². The van der Waals surface area contributed by atoms with Crippen LogP contribution in [-0.2, 0) is 45.0 Å². The molecule has 4 amide bonds. The van der Waals surface area contributed by atoms with E-state index in [-0.39, 0.29) is 35.0 Å². The quantitative estimate of drug-likeness (QED) is 0.218. The number of rotatable bonds is 13. The number of sulfonamides is 2. The Kier molecular flexibility index (Phi) is 10.1. The molecule has 1 aliphatic heterocycles. The summed E-state index contributed by atoms with van der Waals surface area (Å²) in [6, 6.07) is 5.24. The summed E-state index contributed by atoms with van der Waals surface area (Å²) in [5.74, 6) is -3.37. The smallest absolute Gasteiger partial charge is 0.259 e. The van der Waals surface area contributed by atoms with Crippen molar-refractivity contribution in [2.75, 3.05) is 6.54 Å². The maximum absolute atomic E-state index is 15.0. The van der Waals surface area contributed by atoms with Crippen LogP contribution in [0, 0.1) is 33.0 Å². The first kappa shape index (κ1) is 41.3. The molecule has 4 N–H and O–H groups in total. The second-order valence-electron chi connectivity index (χ2n) is 19.5. The lowest BCUT2D eigenvalue weighted by molar-refractivity contribution is -0.145. The van der Waals surface area contributed by atoms with E-state index < -0.39 is 89.3 Å². The lowest BCUT2D eigenvalue weighted by Crippen LogP contribution is -2.63. The van der Waals surface area contributed by atoms with Crippen LogP contribution >= 0.6 is 0 Å². The van der Waals surface area contributed by atoms with Crippen LogP contribution in [0.2, 0.25) is 0 Å². The highest BCUT2D eigenvalue weighted by Gasteiger charge is 2.85. The molecule has 2 spiro atoms. The molecule has 5 fully saturated rings. The van der Waals surface area contributed by atoms with E-state index in [0.717, 1.165) is 19.3 Å².